The predicted molar refractivity (Wildman–Crippen MR) is 122 cm³/mol. The highest BCUT2D eigenvalue weighted by molar-refractivity contribution is 8.02. The molecule has 32 heavy (non-hydrogen) atoms. The number of nitrogens with one attached hydrogen (secondary N) is 2. The molecule has 8 nitrogen and oxygen atoms in total. The monoisotopic (exact) mass is 461 g/mol. The van der Waals surface area contributed by atoms with E-state index in [0.717, 1.165) is 6.42 Å². The molecule has 1 aromatic carbocycles. The Morgan fingerprint density at radius 1 is 1.25 bits per heavy atom. The van der Waals surface area contributed by atoms with Gasteiger partial charge >= 0.3 is 0 Å². The molecule has 3 heterocycles. The quantitative estimate of drug-likeness (QED) is 0.507. The molecule has 2 bridgehead atoms. The van der Waals surface area contributed by atoms with Crippen molar-refractivity contribution in [3.05, 3.63) is 24.3 Å². The van der Waals surface area contributed by atoms with Crippen LogP contribution in [0.3, 0.4) is 0 Å². The third-order valence-electron chi connectivity index (χ3n) is 7.21. The van der Waals surface area contributed by atoms with Gasteiger partial charge in [-0.2, -0.15) is 0 Å². The first-order valence-electron chi connectivity index (χ1n) is 11.1. The van der Waals surface area contributed by atoms with Crippen molar-refractivity contribution in [1.29, 1.82) is 0 Å². The van der Waals surface area contributed by atoms with Gasteiger partial charge in [0.1, 0.15) is 11.8 Å². The van der Waals surface area contributed by atoms with Crippen LogP contribution in [-0.2, 0) is 14.4 Å². The van der Waals surface area contributed by atoms with Crippen LogP contribution in [0.5, 0.6) is 5.75 Å². The van der Waals surface area contributed by atoms with Gasteiger partial charge in [0.2, 0.25) is 17.7 Å². The molecule has 1 aromatic rings. The van der Waals surface area contributed by atoms with E-state index in [1.165, 1.54) is 0 Å². The van der Waals surface area contributed by atoms with E-state index < -0.39 is 22.6 Å². The fraction of sp³-hybridized carbons (Fsp3) is 0.609. The average Bonchev–Trinajstić information content (AvgIpc) is 3.38. The number of likely N-dealkylation sites (tertiary alicyclic amines) is 1. The first-order valence-corrected chi connectivity index (χ1v) is 12.0. The molecule has 1 spiro atoms. The molecule has 174 valence electrons. The second kappa shape index (κ2) is 8.94. The summed E-state index contributed by atoms with van der Waals surface area (Å²) in [5.41, 5.74) is 0.631. The van der Waals surface area contributed by atoms with Gasteiger partial charge in [-0.25, -0.2) is 0 Å². The number of nitrogens with zero attached hydrogens (tertiary/aromatic N) is 1. The van der Waals surface area contributed by atoms with Gasteiger partial charge in [0, 0.05) is 31.1 Å². The topological polar surface area (TPSA) is 108 Å². The van der Waals surface area contributed by atoms with Crippen molar-refractivity contribution in [3.8, 4) is 5.75 Å². The zero-order chi connectivity index (χ0) is 23.0. The Balaban J connectivity index is 1.68. The van der Waals surface area contributed by atoms with Crippen LogP contribution in [-0.4, -0.2) is 71.1 Å². The van der Waals surface area contributed by atoms with Crippen molar-refractivity contribution >= 4 is 35.2 Å². The zero-order valence-corrected chi connectivity index (χ0v) is 19.5. The lowest BCUT2D eigenvalue weighted by molar-refractivity contribution is -0.139. The number of fused-ring (bicyclic) bond motifs is 1. The van der Waals surface area contributed by atoms with Gasteiger partial charge in [0.15, 0.2) is 0 Å². The summed E-state index contributed by atoms with van der Waals surface area (Å²) >= 11 is 1.66. The third-order valence-corrected chi connectivity index (χ3v) is 9.28. The highest BCUT2D eigenvalue weighted by Crippen LogP contribution is 2.68. The molecular weight excluding hydrogens is 430 g/mol. The van der Waals surface area contributed by atoms with Gasteiger partial charge in [0.25, 0.3) is 0 Å². The lowest BCUT2D eigenvalue weighted by atomic mass is 9.66. The smallest absolute Gasteiger partial charge is 0.248 e. The van der Waals surface area contributed by atoms with Crippen molar-refractivity contribution in [2.45, 2.75) is 42.2 Å². The minimum absolute atomic E-state index is 0.0351. The molecule has 3 fully saturated rings. The van der Waals surface area contributed by atoms with Crippen LogP contribution in [0.1, 0.15) is 26.2 Å². The maximum atomic E-state index is 13.7. The van der Waals surface area contributed by atoms with Crippen LogP contribution in [0, 0.1) is 17.8 Å². The highest BCUT2D eigenvalue weighted by atomic mass is 32.2. The lowest BCUT2D eigenvalue weighted by Gasteiger charge is -2.38. The number of anilines is 1. The number of amides is 3. The SMILES string of the molecule is CNC(=O)[C@@H]1[C@@H]2CC(C)C3(S2)C(C(=O)Nc2ccc(OC)cc2)N(CCCCO)C(=O)[C@H]13. The largest absolute Gasteiger partial charge is 0.497 e. The Bertz CT molecular complexity index is 894. The molecule has 0 aromatic heterocycles. The van der Waals surface area contributed by atoms with E-state index in [-0.39, 0.29) is 35.5 Å². The molecule has 3 aliphatic heterocycles. The molecule has 4 rings (SSSR count). The van der Waals surface area contributed by atoms with Crippen molar-refractivity contribution in [3.63, 3.8) is 0 Å². The Morgan fingerprint density at radius 3 is 2.59 bits per heavy atom. The van der Waals surface area contributed by atoms with Crippen molar-refractivity contribution < 1.29 is 24.2 Å². The van der Waals surface area contributed by atoms with Crippen molar-refractivity contribution in [2.75, 3.05) is 32.6 Å². The maximum absolute atomic E-state index is 13.7. The van der Waals surface area contributed by atoms with E-state index in [9.17, 15) is 19.5 Å². The summed E-state index contributed by atoms with van der Waals surface area (Å²) < 4.78 is 4.56. The van der Waals surface area contributed by atoms with Gasteiger partial charge in [-0.3, -0.25) is 14.4 Å². The van der Waals surface area contributed by atoms with E-state index in [0.29, 0.717) is 30.8 Å². The van der Waals surface area contributed by atoms with E-state index in [1.807, 2.05) is 0 Å². The van der Waals surface area contributed by atoms with Gasteiger partial charge in [0.05, 0.1) is 23.7 Å². The first kappa shape index (κ1) is 22.9. The van der Waals surface area contributed by atoms with Crippen LogP contribution in [0.15, 0.2) is 24.3 Å². The summed E-state index contributed by atoms with van der Waals surface area (Å²) in [5.74, 6) is -0.589. The predicted octanol–water partition coefficient (Wildman–Crippen LogP) is 1.49. The number of carbonyl (C=O) groups excluding carboxylic acids is 3. The summed E-state index contributed by atoms with van der Waals surface area (Å²) in [6.07, 6.45) is 1.96. The van der Waals surface area contributed by atoms with Gasteiger partial charge in [-0.15, -0.1) is 11.8 Å². The first-order chi connectivity index (χ1) is 15.4. The number of unbranched alkanes of at least 4 members (excludes halogenated alkanes) is 1. The number of aliphatic hydroxyl groups excluding tert-OH is 1. The Hall–Kier alpha value is -2.26. The molecule has 0 radical (unpaired) electrons. The third kappa shape index (κ3) is 3.46. The minimum Gasteiger partial charge on any atom is -0.497 e. The number of aliphatic hydroxyl groups is 1. The summed E-state index contributed by atoms with van der Waals surface area (Å²) in [6, 6.07) is 6.43. The fourth-order valence-electron chi connectivity index (χ4n) is 5.81. The Kier molecular flexibility index (Phi) is 6.40. The Morgan fingerprint density at radius 2 is 1.97 bits per heavy atom. The molecule has 0 saturated carbocycles. The van der Waals surface area contributed by atoms with Crippen LogP contribution < -0.4 is 15.4 Å². The second-order valence-electron chi connectivity index (χ2n) is 8.85. The van der Waals surface area contributed by atoms with Crippen LogP contribution >= 0.6 is 11.8 Å². The summed E-state index contributed by atoms with van der Waals surface area (Å²) in [5, 5.41) is 15.0. The maximum Gasteiger partial charge on any atom is 0.248 e. The summed E-state index contributed by atoms with van der Waals surface area (Å²) in [7, 11) is 3.18. The molecule has 3 unspecified atom stereocenters. The van der Waals surface area contributed by atoms with E-state index in [4.69, 9.17) is 4.74 Å². The number of benzene rings is 1. The van der Waals surface area contributed by atoms with Crippen LogP contribution in [0.4, 0.5) is 5.69 Å². The number of hydrogen-bond donors (Lipinski definition) is 3. The number of hydrogen-bond acceptors (Lipinski definition) is 6. The van der Waals surface area contributed by atoms with Crippen molar-refractivity contribution in [1.82, 2.24) is 10.2 Å². The number of methoxy groups -OCH3 is 1. The second-order valence-corrected chi connectivity index (χ2v) is 10.4. The van der Waals surface area contributed by atoms with Gasteiger partial charge in [-0.05, 0) is 49.4 Å². The molecule has 3 N–H and O–H groups in total. The molecule has 9 heteroatoms. The van der Waals surface area contributed by atoms with Crippen molar-refractivity contribution in [2.24, 2.45) is 17.8 Å². The lowest BCUT2D eigenvalue weighted by Crippen LogP contribution is -2.55. The van der Waals surface area contributed by atoms with Gasteiger partial charge < -0.3 is 25.4 Å². The standard InChI is InChI=1S/C23H31N3O5S/c1-13-12-16-17(20(28)24-2)18-22(30)26(10-4-5-11-27)19(23(13,18)32-16)21(29)25-14-6-8-15(31-3)9-7-14/h6-9,13,16-19,27H,4-5,10-12H2,1-3H3,(H,24,28)(H,25,29)/t13?,16-,17+,18-,19?,23?/m0/s1. The molecule has 3 aliphatic rings. The molecule has 0 aliphatic carbocycles. The number of rotatable bonds is 8. The van der Waals surface area contributed by atoms with Crippen LogP contribution in [0.25, 0.3) is 0 Å². The summed E-state index contributed by atoms with van der Waals surface area (Å²) in [4.78, 5) is 41.8. The number of carbonyl (C=O) groups is 3. The zero-order valence-electron chi connectivity index (χ0n) is 18.7. The number of thioether (sulfide) groups is 1. The normalized spacial score (nSPS) is 32.7. The van der Waals surface area contributed by atoms with E-state index in [1.54, 1.807) is 55.1 Å². The van der Waals surface area contributed by atoms with E-state index >= 15 is 0 Å². The van der Waals surface area contributed by atoms with Crippen LogP contribution in [0.2, 0.25) is 0 Å². The Labute approximate surface area is 192 Å². The molecule has 3 amide bonds. The van der Waals surface area contributed by atoms with E-state index in [2.05, 4.69) is 17.6 Å². The molecule has 6 atom stereocenters. The summed E-state index contributed by atoms with van der Waals surface area (Å²) in [6.45, 7) is 2.52. The minimum atomic E-state index is -0.666. The highest BCUT2D eigenvalue weighted by Gasteiger charge is 2.75. The fourth-order valence-corrected chi connectivity index (χ4v) is 8.23. The average molecular weight is 462 g/mol. The molecular formula is C23H31N3O5S. The number of ether oxygens (including phenoxy) is 1. The molecule has 3 saturated heterocycles. The van der Waals surface area contributed by atoms with Gasteiger partial charge in [-0.1, -0.05) is 6.92 Å².